The monoisotopic (exact) mass is 231 g/mol. The van der Waals surface area contributed by atoms with Crippen LogP contribution in [0.4, 0.5) is 0 Å². The molecule has 0 aliphatic heterocycles. The molecule has 0 bridgehead atoms. The molecule has 0 spiro atoms. The summed E-state index contributed by atoms with van der Waals surface area (Å²) in [5.74, 6) is 0. The first-order valence-electron chi connectivity index (χ1n) is 5.19. The molecule has 0 radical (unpaired) electrons. The van der Waals surface area contributed by atoms with Gasteiger partial charge in [0.25, 0.3) is 0 Å². The first kappa shape index (κ1) is 12.5. The fraction of sp³-hybridized carbons (Fsp3) is 0.700. The summed E-state index contributed by atoms with van der Waals surface area (Å²) in [4.78, 5) is 0. The molecule has 0 aliphatic carbocycles. The Morgan fingerprint density at radius 3 is 3.07 bits per heavy atom. The van der Waals surface area contributed by atoms with Gasteiger partial charge < -0.3 is 10.1 Å². The third-order valence-electron chi connectivity index (χ3n) is 2.11. The van der Waals surface area contributed by atoms with Gasteiger partial charge in [0, 0.05) is 26.7 Å². The van der Waals surface area contributed by atoms with Crippen LogP contribution in [0.1, 0.15) is 19.0 Å². The SMILES string of the molecule is CCCn1ncc(Cl)c1CNCCOC. The minimum atomic E-state index is 0.708. The Labute approximate surface area is 95.6 Å². The van der Waals surface area contributed by atoms with Crippen molar-refractivity contribution in [2.75, 3.05) is 20.3 Å². The van der Waals surface area contributed by atoms with Crippen molar-refractivity contribution in [1.82, 2.24) is 15.1 Å². The average Bonchev–Trinajstić information content (AvgIpc) is 2.56. The number of nitrogens with one attached hydrogen (secondary N) is 1. The molecule has 1 N–H and O–H groups in total. The first-order valence-corrected chi connectivity index (χ1v) is 5.57. The van der Waals surface area contributed by atoms with Crippen LogP contribution in [0.25, 0.3) is 0 Å². The van der Waals surface area contributed by atoms with E-state index in [-0.39, 0.29) is 0 Å². The van der Waals surface area contributed by atoms with Crippen LogP contribution >= 0.6 is 11.6 Å². The van der Waals surface area contributed by atoms with Crippen molar-refractivity contribution in [2.24, 2.45) is 0 Å². The van der Waals surface area contributed by atoms with Crippen molar-refractivity contribution in [3.63, 3.8) is 0 Å². The van der Waals surface area contributed by atoms with E-state index < -0.39 is 0 Å². The zero-order valence-corrected chi connectivity index (χ0v) is 10.0. The molecule has 1 rings (SSSR count). The summed E-state index contributed by atoms with van der Waals surface area (Å²) in [6.07, 6.45) is 2.76. The summed E-state index contributed by atoms with van der Waals surface area (Å²) in [6, 6.07) is 0. The van der Waals surface area contributed by atoms with Crippen molar-refractivity contribution in [1.29, 1.82) is 0 Å². The van der Waals surface area contributed by atoms with Crippen molar-refractivity contribution in [2.45, 2.75) is 26.4 Å². The molecule has 1 aromatic heterocycles. The Kier molecular flexibility index (Phi) is 5.68. The van der Waals surface area contributed by atoms with Gasteiger partial charge >= 0.3 is 0 Å². The molecule has 0 aromatic carbocycles. The van der Waals surface area contributed by atoms with Crippen LogP contribution in [-0.4, -0.2) is 30.0 Å². The number of rotatable bonds is 7. The first-order chi connectivity index (χ1) is 7.29. The van der Waals surface area contributed by atoms with Crippen LogP contribution in [0.15, 0.2) is 6.20 Å². The highest BCUT2D eigenvalue weighted by Gasteiger charge is 2.07. The van der Waals surface area contributed by atoms with Crippen LogP contribution in [-0.2, 0) is 17.8 Å². The summed E-state index contributed by atoms with van der Waals surface area (Å²) >= 11 is 6.04. The van der Waals surface area contributed by atoms with E-state index in [0.29, 0.717) is 6.61 Å². The average molecular weight is 232 g/mol. The minimum Gasteiger partial charge on any atom is -0.383 e. The van der Waals surface area contributed by atoms with Crippen molar-refractivity contribution < 1.29 is 4.74 Å². The van der Waals surface area contributed by atoms with Crippen molar-refractivity contribution in [3.05, 3.63) is 16.9 Å². The molecule has 15 heavy (non-hydrogen) atoms. The van der Waals surface area contributed by atoms with Gasteiger partial charge in [0.2, 0.25) is 0 Å². The maximum Gasteiger partial charge on any atom is 0.0831 e. The zero-order valence-electron chi connectivity index (χ0n) is 9.29. The van der Waals surface area contributed by atoms with Crippen molar-refractivity contribution in [3.8, 4) is 0 Å². The van der Waals surface area contributed by atoms with Gasteiger partial charge in [0.1, 0.15) is 0 Å². The molecule has 0 unspecified atom stereocenters. The third-order valence-corrected chi connectivity index (χ3v) is 2.42. The highest BCUT2D eigenvalue weighted by Crippen LogP contribution is 2.14. The second-order valence-electron chi connectivity index (χ2n) is 3.33. The second-order valence-corrected chi connectivity index (χ2v) is 3.74. The van der Waals surface area contributed by atoms with E-state index in [1.807, 2.05) is 4.68 Å². The van der Waals surface area contributed by atoms with E-state index in [4.69, 9.17) is 16.3 Å². The Hall–Kier alpha value is -0.580. The number of nitrogens with zero attached hydrogens (tertiary/aromatic N) is 2. The second kappa shape index (κ2) is 6.82. The number of ether oxygens (including phenoxy) is 1. The predicted octanol–water partition coefficient (Wildman–Crippen LogP) is 1.68. The summed E-state index contributed by atoms with van der Waals surface area (Å²) in [7, 11) is 1.69. The fourth-order valence-electron chi connectivity index (χ4n) is 1.35. The normalized spacial score (nSPS) is 10.9. The topological polar surface area (TPSA) is 39.1 Å². The molecule has 86 valence electrons. The molecule has 0 atom stereocenters. The number of hydrogen-bond donors (Lipinski definition) is 1. The van der Waals surface area contributed by atoms with Gasteiger partial charge in [-0.3, -0.25) is 4.68 Å². The van der Waals surface area contributed by atoms with Crippen molar-refractivity contribution >= 4 is 11.6 Å². The summed E-state index contributed by atoms with van der Waals surface area (Å²) in [5.41, 5.74) is 1.05. The molecule has 1 aromatic rings. The Bertz CT molecular complexity index is 288. The minimum absolute atomic E-state index is 0.708. The summed E-state index contributed by atoms with van der Waals surface area (Å²) in [5, 5.41) is 8.21. The van der Waals surface area contributed by atoms with E-state index in [0.717, 1.165) is 36.8 Å². The maximum absolute atomic E-state index is 6.04. The molecule has 0 aliphatic rings. The number of halogens is 1. The van der Waals surface area contributed by atoms with Crippen LogP contribution in [0.3, 0.4) is 0 Å². The van der Waals surface area contributed by atoms with Crippen LogP contribution in [0.5, 0.6) is 0 Å². The lowest BCUT2D eigenvalue weighted by Crippen LogP contribution is -2.21. The predicted molar refractivity (Wildman–Crippen MR) is 61.1 cm³/mol. The van der Waals surface area contributed by atoms with Gasteiger partial charge in [-0.2, -0.15) is 5.10 Å². The number of hydrogen-bond acceptors (Lipinski definition) is 3. The Morgan fingerprint density at radius 1 is 1.60 bits per heavy atom. The van der Waals surface area contributed by atoms with Gasteiger partial charge in [0.05, 0.1) is 23.5 Å². The largest absolute Gasteiger partial charge is 0.383 e. The van der Waals surface area contributed by atoms with E-state index in [9.17, 15) is 0 Å². The molecule has 5 heteroatoms. The molecular formula is C10H18ClN3O. The van der Waals surface area contributed by atoms with E-state index in [2.05, 4.69) is 17.3 Å². The number of aryl methyl sites for hydroxylation is 1. The molecular weight excluding hydrogens is 214 g/mol. The van der Waals surface area contributed by atoms with Gasteiger partial charge in [-0.1, -0.05) is 18.5 Å². The standard InChI is InChI=1S/C10H18ClN3O/c1-3-5-14-10(9(11)7-13-14)8-12-4-6-15-2/h7,12H,3-6,8H2,1-2H3. The fourth-order valence-corrected chi connectivity index (χ4v) is 1.56. The summed E-state index contributed by atoms with van der Waals surface area (Å²) < 4.78 is 6.90. The van der Waals surface area contributed by atoms with Gasteiger partial charge in [-0.25, -0.2) is 0 Å². The molecule has 1 heterocycles. The van der Waals surface area contributed by atoms with Crippen LogP contribution < -0.4 is 5.32 Å². The highest BCUT2D eigenvalue weighted by atomic mass is 35.5. The lowest BCUT2D eigenvalue weighted by Gasteiger charge is -2.07. The van der Waals surface area contributed by atoms with Gasteiger partial charge in [-0.05, 0) is 6.42 Å². The molecule has 0 amide bonds. The van der Waals surface area contributed by atoms with E-state index >= 15 is 0 Å². The number of aromatic nitrogens is 2. The molecule has 0 fully saturated rings. The lowest BCUT2D eigenvalue weighted by molar-refractivity contribution is 0.199. The lowest BCUT2D eigenvalue weighted by atomic mass is 10.4. The third kappa shape index (κ3) is 3.81. The zero-order chi connectivity index (χ0) is 11.1. The summed E-state index contributed by atoms with van der Waals surface area (Å²) in [6.45, 7) is 5.30. The molecule has 0 saturated carbocycles. The van der Waals surface area contributed by atoms with E-state index in [1.54, 1.807) is 13.3 Å². The van der Waals surface area contributed by atoms with Crippen LogP contribution in [0, 0.1) is 0 Å². The van der Waals surface area contributed by atoms with E-state index in [1.165, 1.54) is 0 Å². The quantitative estimate of drug-likeness (QED) is 0.726. The van der Waals surface area contributed by atoms with Crippen LogP contribution in [0.2, 0.25) is 5.02 Å². The Morgan fingerprint density at radius 2 is 2.40 bits per heavy atom. The smallest absolute Gasteiger partial charge is 0.0831 e. The Balaban J connectivity index is 2.46. The highest BCUT2D eigenvalue weighted by molar-refractivity contribution is 6.31. The molecule has 4 nitrogen and oxygen atoms in total. The maximum atomic E-state index is 6.04. The number of methoxy groups -OCH3 is 1. The molecule has 0 saturated heterocycles. The van der Waals surface area contributed by atoms with Gasteiger partial charge in [-0.15, -0.1) is 0 Å². The van der Waals surface area contributed by atoms with Gasteiger partial charge in [0.15, 0.2) is 0 Å².